The molecule has 3 N–H and O–H groups in total. The number of rotatable bonds is 3. The lowest BCUT2D eigenvalue weighted by molar-refractivity contribution is -0.124. The van der Waals surface area contributed by atoms with Gasteiger partial charge in [-0.3, -0.25) is 4.79 Å². The number of thioether (sulfide) groups is 1. The van der Waals surface area contributed by atoms with Crippen LogP contribution in [0.15, 0.2) is 23.1 Å². The summed E-state index contributed by atoms with van der Waals surface area (Å²) in [5.74, 6) is 1.05. The van der Waals surface area contributed by atoms with Crippen molar-refractivity contribution >= 4 is 29.3 Å². The monoisotopic (exact) mass is 298 g/mol. The van der Waals surface area contributed by atoms with Crippen LogP contribution in [-0.2, 0) is 4.79 Å². The van der Waals surface area contributed by atoms with Gasteiger partial charge in [0.05, 0.1) is 12.1 Å². The molecule has 1 aromatic carbocycles. The number of fused-ring (bicyclic) bond motifs is 1. The molecule has 19 heavy (non-hydrogen) atoms. The van der Waals surface area contributed by atoms with Crippen LogP contribution in [0.2, 0.25) is 5.02 Å². The van der Waals surface area contributed by atoms with Crippen LogP contribution in [0.5, 0.6) is 0 Å². The van der Waals surface area contributed by atoms with Crippen molar-refractivity contribution < 1.29 is 4.79 Å². The fourth-order valence-electron chi connectivity index (χ4n) is 2.09. The van der Waals surface area contributed by atoms with E-state index in [1.54, 1.807) is 11.8 Å². The van der Waals surface area contributed by atoms with Crippen molar-refractivity contribution in [2.24, 2.45) is 11.7 Å². The van der Waals surface area contributed by atoms with Gasteiger partial charge in [-0.2, -0.15) is 0 Å². The third kappa shape index (κ3) is 3.44. The predicted molar refractivity (Wildman–Crippen MR) is 80.5 cm³/mol. The van der Waals surface area contributed by atoms with Crippen LogP contribution < -0.4 is 11.1 Å². The largest absolute Gasteiger partial charge is 0.348 e. The summed E-state index contributed by atoms with van der Waals surface area (Å²) in [4.78, 5) is 13.3. The van der Waals surface area contributed by atoms with Gasteiger partial charge >= 0.3 is 0 Å². The summed E-state index contributed by atoms with van der Waals surface area (Å²) in [5.41, 5.74) is 6.99. The number of carbonyl (C=O) groups excluding carboxylic acids is 1. The molecule has 1 unspecified atom stereocenters. The number of nitrogens with one attached hydrogen (secondary N) is 1. The Morgan fingerprint density at radius 1 is 1.53 bits per heavy atom. The zero-order valence-electron chi connectivity index (χ0n) is 11.2. The van der Waals surface area contributed by atoms with Crippen molar-refractivity contribution in [1.82, 2.24) is 5.32 Å². The predicted octanol–water partition coefficient (Wildman–Crippen LogP) is 2.98. The molecule has 2 atom stereocenters. The van der Waals surface area contributed by atoms with Crippen LogP contribution in [0.25, 0.3) is 0 Å². The van der Waals surface area contributed by atoms with E-state index in [0.717, 1.165) is 17.7 Å². The average molecular weight is 299 g/mol. The molecule has 0 spiro atoms. The Kier molecular flexibility index (Phi) is 4.76. The van der Waals surface area contributed by atoms with Crippen molar-refractivity contribution in [3.05, 3.63) is 28.8 Å². The molecule has 3 nitrogen and oxygen atoms in total. The van der Waals surface area contributed by atoms with Crippen LogP contribution in [0.1, 0.15) is 31.9 Å². The first-order chi connectivity index (χ1) is 8.99. The SMILES string of the molecule is CC(C)[C@@H](N)C(=O)NC1CCSc2ccc(Cl)cc21. The van der Waals surface area contributed by atoms with Crippen molar-refractivity contribution in [2.45, 2.75) is 37.2 Å². The van der Waals surface area contributed by atoms with Crippen LogP contribution in [0.4, 0.5) is 0 Å². The molecule has 0 saturated heterocycles. The molecular weight excluding hydrogens is 280 g/mol. The van der Waals surface area contributed by atoms with E-state index < -0.39 is 6.04 Å². The molecule has 1 aliphatic rings. The van der Waals surface area contributed by atoms with Crippen LogP contribution in [-0.4, -0.2) is 17.7 Å². The summed E-state index contributed by atoms with van der Waals surface area (Å²) in [7, 11) is 0. The lowest BCUT2D eigenvalue weighted by Gasteiger charge is -2.28. The molecule has 0 aliphatic carbocycles. The van der Waals surface area contributed by atoms with E-state index in [1.807, 2.05) is 32.0 Å². The van der Waals surface area contributed by atoms with Gasteiger partial charge in [0.1, 0.15) is 0 Å². The van der Waals surface area contributed by atoms with E-state index >= 15 is 0 Å². The molecule has 0 saturated carbocycles. The molecule has 5 heteroatoms. The second-order valence-electron chi connectivity index (χ2n) is 5.15. The first-order valence-corrected chi connectivity index (χ1v) is 7.83. The van der Waals surface area contributed by atoms with E-state index in [4.69, 9.17) is 17.3 Å². The van der Waals surface area contributed by atoms with Gasteiger partial charge in [-0.15, -0.1) is 11.8 Å². The van der Waals surface area contributed by atoms with Gasteiger partial charge in [-0.05, 0) is 36.1 Å². The van der Waals surface area contributed by atoms with Gasteiger partial charge in [0.25, 0.3) is 0 Å². The summed E-state index contributed by atoms with van der Waals surface area (Å²) in [6.45, 7) is 3.90. The minimum atomic E-state index is -0.461. The van der Waals surface area contributed by atoms with E-state index in [1.165, 1.54) is 4.90 Å². The quantitative estimate of drug-likeness (QED) is 0.902. The molecule has 1 aromatic rings. The smallest absolute Gasteiger partial charge is 0.237 e. The van der Waals surface area contributed by atoms with Gasteiger partial charge in [-0.25, -0.2) is 0 Å². The molecule has 0 aromatic heterocycles. The number of hydrogen-bond donors (Lipinski definition) is 2. The Labute approximate surface area is 123 Å². The van der Waals surface area contributed by atoms with Crippen molar-refractivity contribution in [1.29, 1.82) is 0 Å². The molecular formula is C14H19ClN2OS. The summed E-state index contributed by atoms with van der Waals surface area (Å²) in [5, 5.41) is 3.75. The first kappa shape index (κ1) is 14.7. The number of benzene rings is 1. The van der Waals surface area contributed by atoms with Crippen LogP contribution in [0, 0.1) is 5.92 Å². The summed E-state index contributed by atoms with van der Waals surface area (Å²) in [6.07, 6.45) is 0.911. The fraction of sp³-hybridized carbons (Fsp3) is 0.500. The lowest BCUT2D eigenvalue weighted by Crippen LogP contribution is -2.45. The molecule has 2 rings (SSSR count). The Hall–Kier alpha value is -0.710. The maximum Gasteiger partial charge on any atom is 0.237 e. The summed E-state index contributed by atoms with van der Waals surface area (Å²) >= 11 is 7.85. The summed E-state index contributed by atoms with van der Waals surface area (Å²) in [6, 6.07) is 5.40. The Morgan fingerprint density at radius 2 is 2.26 bits per heavy atom. The summed E-state index contributed by atoms with van der Waals surface area (Å²) < 4.78 is 0. The molecule has 1 aliphatic heterocycles. The Balaban J connectivity index is 2.15. The maximum absolute atomic E-state index is 12.1. The normalized spacial score (nSPS) is 19.9. The van der Waals surface area contributed by atoms with E-state index in [-0.39, 0.29) is 17.9 Å². The minimum Gasteiger partial charge on any atom is -0.348 e. The molecule has 104 valence electrons. The number of amides is 1. The second kappa shape index (κ2) is 6.16. The molecule has 1 amide bonds. The zero-order valence-corrected chi connectivity index (χ0v) is 12.7. The van der Waals surface area contributed by atoms with Gasteiger partial charge < -0.3 is 11.1 Å². The number of hydrogen-bond acceptors (Lipinski definition) is 3. The van der Waals surface area contributed by atoms with Crippen LogP contribution in [0.3, 0.4) is 0 Å². The average Bonchev–Trinajstić information content (AvgIpc) is 2.38. The third-order valence-corrected chi connectivity index (χ3v) is 4.71. The Bertz CT molecular complexity index is 479. The molecule has 0 bridgehead atoms. The van der Waals surface area contributed by atoms with E-state index in [9.17, 15) is 4.79 Å². The molecule has 1 heterocycles. The van der Waals surface area contributed by atoms with Crippen molar-refractivity contribution in [3.8, 4) is 0 Å². The minimum absolute atomic E-state index is 0.0206. The van der Waals surface area contributed by atoms with E-state index in [2.05, 4.69) is 5.32 Å². The van der Waals surface area contributed by atoms with Gasteiger partial charge in [0.15, 0.2) is 0 Å². The molecule has 0 radical (unpaired) electrons. The van der Waals surface area contributed by atoms with E-state index in [0.29, 0.717) is 5.02 Å². The third-order valence-electron chi connectivity index (χ3n) is 3.35. The topological polar surface area (TPSA) is 55.1 Å². The van der Waals surface area contributed by atoms with Crippen LogP contribution >= 0.6 is 23.4 Å². The standard InChI is InChI=1S/C14H19ClN2OS/c1-8(2)13(16)14(18)17-11-5-6-19-12-4-3-9(15)7-10(11)12/h3-4,7-8,11,13H,5-6,16H2,1-2H3,(H,17,18)/t11?,13-/m1/s1. The first-order valence-electron chi connectivity index (χ1n) is 6.47. The Morgan fingerprint density at radius 3 is 2.95 bits per heavy atom. The highest BCUT2D eigenvalue weighted by Crippen LogP contribution is 2.37. The maximum atomic E-state index is 12.1. The zero-order chi connectivity index (χ0) is 14.0. The van der Waals surface area contributed by atoms with Crippen molar-refractivity contribution in [2.75, 3.05) is 5.75 Å². The highest BCUT2D eigenvalue weighted by molar-refractivity contribution is 7.99. The highest BCUT2D eigenvalue weighted by atomic mass is 35.5. The highest BCUT2D eigenvalue weighted by Gasteiger charge is 2.25. The number of halogens is 1. The number of carbonyl (C=O) groups is 1. The molecule has 0 fully saturated rings. The lowest BCUT2D eigenvalue weighted by atomic mass is 10.0. The van der Waals surface area contributed by atoms with Gasteiger partial charge in [0.2, 0.25) is 5.91 Å². The number of nitrogens with two attached hydrogens (primary N) is 1. The van der Waals surface area contributed by atoms with Gasteiger partial charge in [0, 0.05) is 15.7 Å². The van der Waals surface area contributed by atoms with Gasteiger partial charge in [-0.1, -0.05) is 25.4 Å². The van der Waals surface area contributed by atoms with Crippen molar-refractivity contribution in [3.63, 3.8) is 0 Å². The second-order valence-corrected chi connectivity index (χ2v) is 6.72. The fourth-order valence-corrected chi connectivity index (χ4v) is 3.37.